The Morgan fingerprint density at radius 2 is 2.35 bits per heavy atom. The number of morpholine rings is 1. The molecule has 1 N–H and O–H groups in total. The highest BCUT2D eigenvalue weighted by Gasteiger charge is 2.20. The standard InChI is InChI=1S/C14H23N3O3/c1-10(2)8-17-5-4-16-13(14(17)18)19-9-12-7-15-6-11(3)20-12/h4-5,10-12,15H,6-9H2,1-3H3. The van der Waals surface area contributed by atoms with E-state index in [1.54, 1.807) is 17.0 Å². The lowest BCUT2D eigenvalue weighted by atomic mass is 10.2. The zero-order valence-corrected chi connectivity index (χ0v) is 12.3. The number of nitrogens with one attached hydrogen (secondary N) is 1. The second-order valence-electron chi connectivity index (χ2n) is 5.62. The molecule has 1 aromatic rings. The van der Waals surface area contributed by atoms with Gasteiger partial charge in [0.25, 0.3) is 5.88 Å². The fourth-order valence-corrected chi connectivity index (χ4v) is 2.21. The van der Waals surface area contributed by atoms with Gasteiger partial charge in [-0.3, -0.25) is 4.79 Å². The molecule has 6 nitrogen and oxygen atoms in total. The maximum Gasteiger partial charge on any atom is 0.313 e. The Balaban J connectivity index is 1.97. The molecule has 0 bridgehead atoms. The van der Waals surface area contributed by atoms with E-state index in [-0.39, 0.29) is 23.6 Å². The van der Waals surface area contributed by atoms with Crippen LogP contribution in [-0.2, 0) is 11.3 Å². The Bertz CT molecular complexity index is 487. The van der Waals surface area contributed by atoms with Gasteiger partial charge in [-0.1, -0.05) is 13.8 Å². The average Bonchev–Trinajstić information content (AvgIpc) is 2.39. The summed E-state index contributed by atoms with van der Waals surface area (Å²) in [6.45, 7) is 8.72. The molecule has 0 aromatic carbocycles. The van der Waals surface area contributed by atoms with E-state index >= 15 is 0 Å². The van der Waals surface area contributed by atoms with Gasteiger partial charge >= 0.3 is 5.56 Å². The first-order valence-electron chi connectivity index (χ1n) is 7.10. The Morgan fingerprint density at radius 3 is 3.05 bits per heavy atom. The molecule has 1 aromatic heterocycles. The molecule has 1 aliphatic heterocycles. The molecule has 1 fully saturated rings. The van der Waals surface area contributed by atoms with Gasteiger partial charge in [-0.05, 0) is 12.8 Å². The van der Waals surface area contributed by atoms with Gasteiger partial charge in [0.2, 0.25) is 0 Å². The molecular weight excluding hydrogens is 258 g/mol. The van der Waals surface area contributed by atoms with E-state index in [1.165, 1.54) is 0 Å². The summed E-state index contributed by atoms with van der Waals surface area (Å²) in [5.74, 6) is 0.546. The smallest absolute Gasteiger partial charge is 0.313 e. The van der Waals surface area contributed by atoms with E-state index in [1.807, 2.05) is 6.92 Å². The summed E-state index contributed by atoms with van der Waals surface area (Å²) in [7, 11) is 0. The number of aromatic nitrogens is 2. The van der Waals surface area contributed by atoms with E-state index in [9.17, 15) is 4.79 Å². The molecule has 112 valence electrons. The van der Waals surface area contributed by atoms with Crippen LogP contribution in [0, 0.1) is 5.92 Å². The lowest BCUT2D eigenvalue weighted by molar-refractivity contribution is -0.0479. The Labute approximate surface area is 119 Å². The Kier molecular flexibility index (Phi) is 5.14. The van der Waals surface area contributed by atoms with Crippen LogP contribution in [0.5, 0.6) is 5.88 Å². The predicted molar refractivity (Wildman–Crippen MR) is 76.0 cm³/mol. The third kappa shape index (κ3) is 4.05. The van der Waals surface area contributed by atoms with Crippen molar-refractivity contribution in [3.05, 3.63) is 22.7 Å². The molecule has 1 saturated heterocycles. The first-order valence-corrected chi connectivity index (χ1v) is 7.10. The summed E-state index contributed by atoms with van der Waals surface area (Å²) in [6, 6.07) is 0. The molecule has 0 spiro atoms. The van der Waals surface area contributed by atoms with Gasteiger partial charge in [0.05, 0.1) is 6.10 Å². The largest absolute Gasteiger partial charge is 0.471 e. The SMILES string of the molecule is CC(C)Cn1ccnc(OCC2CNCC(C)O2)c1=O. The summed E-state index contributed by atoms with van der Waals surface area (Å²) >= 11 is 0. The second kappa shape index (κ2) is 6.85. The van der Waals surface area contributed by atoms with Crippen LogP contribution in [0.1, 0.15) is 20.8 Å². The lowest BCUT2D eigenvalue weighted by Crippen LogP contribution is -2.46. The second-order valence-corrected chi connectivity index (χ2v) is 5.62. The number of ether oxygens (including phenoxy) is 2. The number of hydrogen-bond acceptors (Lipinski definition) is 5. The summed E-state index contributed by atoms with van der Waals surface area (Å²) in [5, 5.41) is 3.26. The first-order chi connectivity index (χ1) is 9.56. The highest BCUT2D eigenvalue weighted by molar-refractivity contribution is 5.04. The van der Waals surface area contributed by atoms with Crippen LogP contribution in [0.25, 0.3) is 0 Å². The normalized spacial score (nSPS) is 23.0. The summed E-state index contributed by atoms with van der Waals surface area (Å²) in [5.41, 5.74) is -0.182. The third-order valence-corrected chi connectivity index (χ3v) is 3.08. The van der Waals surface area contributed by atoms with Crippen molar-refractivity contribution in [2.75, 3.05) is 19.7 Å². The molecule has 0 saturated carbocycles. The topological polar surface area (TPSA) is 65.4 Å². The monoisotopic (exact) mass is 281 g/mol. The van der Waals surface area contributed by atoms with E-state index < -0.39 is 0 Å². The lowest BCUT2D eigenvalue weighted by Gasteiger charge is -2.28. The molecular formula is C14H23N3O3. The fourth-order valence-electron chi connectivity index (χ4n) is 2.21. The fraction of sp³-hybridized carbons (Fsp3) is 0.714. The summed E-state index contributed by atoms with van der Waals surface area (Å²) in [6.07, 6.45) is 3.41. The maximum atomic E-state index is 12.2. The molecule has 0 radical (unpaired) electrons. The van der Waals surface area contributed by atoms with Crippen LogP contribution in [-0.4, -0.2) is 41.5 Å². The van der Waals surface area contributed by atoms with Crippen LogP contribution in [0.3, 0.4) is 0 Å². The van der Waals surface area contributed by atoms with Crippen molar-refractivity contribution >= 4 is 0 Å². The van der Waals surface area contributed by atoms with Gasteiger partial charge < -0.3 is 19.4 Å². The van der Waals surface area contributed by atoms with Crippen molar-refractivity contribution in [1.82, 2.24) is 14.9 Å². The van der Waals surface area contributed by atoms with Crippen molar-refractivity contribution in [3.63, 3.8) is 0 Å². The van der Waals surface area contributed by atoms with Crippen LogP contribution < -0.4 is 15.6 Å². The molecule has 6 heteroatoms. The van der Waals surface area contributed by atoms with Crippen LogP contribution >= 0.6 is 0 Å². The molecule has 2 atom stereocenters. The van der Waals surface area contributed by atoms with Gasteiger partial charge in [0, 0.05) is 32.0 Å². The van der Waals surface area contributed by atoms with E-state index in [2.05, 4.69) is 24.1 Å². The predicted octanol–water partition coefficient (Wildman–Crippen LogP) is 0.655. The highest BCUT2D eigenvalue weighted by Crippen LogP contribution is 2.06. The zero-order valence-electron chi connectivity index (χ0n) is 12.3. The summed E-state index contributed by atoms with van der Waals surface area (Å²) in [4.78, 5) is 16.2. The van der Waals surface area contributed by atoms with Crippen LogP contribution in [0.2, 0.25) is 0 Å². The number of hydrogen-bond donors (Lipinski definition) is 1. The molecule has 2 heterocycles. The third-order valence-electron chi connectivity index (χ3n) is 3.08. The van der Waals surface area contributed by atoms with Gasteiger partial charge in [-0.25, -0.2) is 4.98 Å². The van der Waals surface area contributed by atoms with Crippen molar-refractivity contribution in [1.29, 1.82) is 0 Å². The number of nitrogens with zero attached hydrogens (tertiary/aromatic N) is 2. The quantitative estimate of drug-likeness (QED) is 0.858. The Morgan fingerprint density at radius 1 is 1.55 bits per heavy atom. The minimum atomic E-state index is -0.182. The Hall–Kier alpha value is -1.40. The van der Waals surface area contributed by atoms with Gasteiger partial charge in [0.1, 0.15) is 12.7 Å². The first kappa shape index (κ1) is 15.0. The van der Waals surface area contributed by atoms with Crippen molar-refractivity contribution in [2.24, 2.45) is 5.92 Å². The molecule has 1 aliphatic rings. The number of rotatable bonds is 5. The van der Waals surface area contributed by atoms with Gasteiger partial charge in [-0.2, -0.15) is 0 Å². The maximum absolute atomic E-state index is 12.2. The van der Waals surface area contributed by atoms with Crippen molar-refractivity contribution < 1.29 is 9.47 Å². The van der Waals surface area contributed by atoms with E-state index in [0.29, 0.717) is 19.1 Å². The van der Waals surface area contributed by atoms with Crippen LogP contribution in [0.15, 0.2) is 17.2 Å². The average molecular weight is 281 g/mol. The molecule has 2 unspecified atom stereocenters. The molecule has 0 amide bonds. The van der Waals surface area contributed by atoms with Gasteiger partial charge in [-0.15, -0.1) is 0 Å². The minimum absolute atomic E-state index is 0.0429. The van der Waals surface area contributed by atoms with E-state index in [4.69, 9.17) is 9.47 Å². The molecule has 20 heavy (non-hydrogen) atoms. The summed E-state index contributed by atoms with van der Waals surface area (Å²) < 4.78 is 12.9. The van der Waals surface area contributed by atoms with Crippen molar-refractivity contribution in [3.8, 4) is 5.88 Å². The molecule has 2 rings (SSSR count). The van der Waals surface area contributed by atoms with Gasteiger partial charge in [0.15, 0.2) is 0 Å². The highest BCUT2D eigenvalue weighted by atomic mass is 16.5. The van der Waals surface area contributed by atoms with Crippen LogP contribution in [0.4, 0.5) is 0 Å². The van der Waals surface area contributed by atoms with Crippen molar-refractivity contribution in [2.45, 2.75) is 39.5 Å². The molecule has 0 aliphatic carbocycles. The van der Waals surface area contributed by atoms with E-state index in [0.717, 1.165) is 13.1 Å². The minimum Gasteiger partial charge on any atom is -0.471 e. The zero-order chi connectivity index (χ0) is 14.5.